The molecule has 0 atom stereocenters. The van der Waals surface area contributed by atoms with Crippen LogP contribution in [0.25, 0.3) is 10.9 Å². The van der Waals surface area contributed by atoms with Gasteiger partial charge in [0, 0.05) is 36.7 Å². The molecule has 1 aliphatic heterocycles. The van der Waals surface area contributed by atoms with Crippen molar-refractivity contribution in [1.29, 1.82) is 0 Å². The number of nitrogens with zero attached hydrogens (tertiary/aromatic N) is 1. The molecule has 0 bridgehead atoms. The molecule has 0 radical (unpaired) electrons. The smallest absolute Gasteiger partial charge is 0.317 e. The number of ether oxygens (including phenoxy) is 1. The quantitative estimate of drug-likeness (QED) is 0.838. The third-order valence-corrected chi connectivity index (χ3v) is 5.00. The molecule has 1 saturated heterocycles. The molecule has 2 N–H and O–H groups in total. The molecule has 0 saturated carbocycles. The molecule has 0 aliphatic carbocycles. The van der Waals surface area contributed by atoms with Gasteiger partial charge < -0.3 is 19.9 Å². The van der Waals surface area contributed by atoms with Gasteiger partial charge in [0.2, 0.25) is 0 Å². The van der Waals surface area contributed by atoms with E-state index in [9.17, 15) is 9.59 Å². The van der Waals surface area contributed by atoms with Gasteiger partial charge >= 0.3 is 12.0 Å². The van der Waals surface area contributed by atoms with Crippen molar-refractivity contribution >= 4 is 22.9 Å². The van der Waals surface area contributed by atoms with Gasteiger partial charge in [-0.05, 0) is 37.3 Å². The Morgan fingerprint density at radius 2 is 2.08 bits per heavy atom. The van der Waals surface area contributed by atoms with Crippen LogP contribution in [0, 0.1) is 12.8 Å². The normalized spacial score (nSPS) is 15.4. The predicted molar refractivity (Wildman–Crippen MR) is 96.5 cm³/mol. The van der Waals surface area contributed by atoms with Crippen LogP contribution in [0.1, 0.15) is 24.0 Å². The second-order valence-electron chi connectivity index (χ2n) is 6.58. The van der Waals surface area contributed by atoms with Gasteiger partial charge in [0.25, 0.3) is 0 Å². The van der Waals surface area contributed by atoms with Crippen LogP contribution in [-0.2, 0) is 16.0 Å². The number of esters is 1. The van der Waals surface area contributed by atoms with Crippen LogP contribution < -0.4 is 5.32 Å². The van der Waals surface area contributed by atoms with Crippen molar-refractivity contribution in [3.8, 4) is 0 Å². The number of aromatic nitrogens is 1. The number of H-pyrrole nitrogens is 1. The zero-order valence-electron chi connectivity index (χ0n) is 14.8. The lowest BCUT2D eigenvalue weighted by atomic mass is 9.97. The first-order chi connectivity index (χ1) is 12.1. The van der Waals surface area contributed by atoms with Crippen LogP contribution in [-0.4, -0.2) is 48.6 Å². The number of methoxy groups -OCH3 is 1. The molecule has 25 heavy (non-hydrogen) atoms. The lowest BCUT2D eigenvalue weighted by molar-refractivity contribution is -0.146. The van der Waals surface area contributed by atoms with Crippen LogP contribution in [0.4, 0.5) is 4.79 Å². The lowest BCUT2D eigenvalue weighted by Crippen LogP contribution is -2.46. The number of fused-ring (bicyclic) bond motifs is 1. The maximum Gasteiger partial charge on any atom is 0.317 e. The summed E-state index contributed by atoms with van der Waals surface area (Å²) >= 11 is 0. The van der Waals surface area contributed by atoms with Crippen molar-refractivity contribution in [3.63, 3.8) is 0 Å². The highest BCUT2D eigenvalue weighted by atomic mass is 16.5. The number of aromatic amines is 1. The molecule has 1 aromatic carbocycles. The van der Waals surface area contributed by atoms with Crippen molar-refractivity contribution in [2.45, 2.75) is 26.2 Å². The van der Waals surface area contributed by atoms with E-state index in [0.29, 0.717) is 32.5 Å². The second kappa shape index (κ2) is 7.59. The SMILES string of the molecule is COC(=O)C1CCN(C(=O)NCCc2c[nH]c3c(C)cccc23)CC1. The Balaban J connectivity index is 1.48. The van der Waals surface area contributed by atoms with E-state index in [1.165, 1.54) is 23.6 Å². The zero-order chi connectivity index (χ0) is 17.8. The molecule has 2 heterocycles. The van der Waals surface area contributed by atoms with Gasteiger partial charge in [0.05, 0.1) is 13.0 Å². The number of hydrogen-bond donors (Lipinski definition) is 2. The highest BCUT2D eigenvalue weighted by molar-refractivity contribution is 5.86. The number of amides is 2. The number of urea groups is 1. The minimum atomic E-state index is -0.172. The summed E-state index contributed by atoms with van der Waals surface area (Å²) in [4.78, 5) is 28.9. The average molecular weight is 343 g/mol. The van der Waals surface area contributed by atoms with Gasteiger partial charge in [0.1, 0.15) is 0 Å². The topological polar surface area (TPSA) is 74.4 Å². The number of likely N-dealkylation sites (tertiary alicyclic amines) is 1. The van der Waals surface area contributed by atoms with Crippen LogP contribution in [0.5, 0.6) is 0 Å². The lowest BCUT2D eigenvalue weighted by Gasteiger charge is -2.30. The Morgan fingerprint density at radius 1 is 1.32 bits per heavy atom. The van der Waals surface area contributed by atoms with Crippen molar-refractivity contribution in [1.82, 2.24) is 15.2 Å². The highest BCUT2D eigenvalue weighted by Gasteiger charge is 2.27. The molecule has 1 fully saturated rings. The van der Waals surface area contributed by atoms with E-state index < -0.39 is 0 Å². The number of nitrogens with one attached hydrogen (secondary N) is 2. The molecule has 2 amide bonds. The molecule has 0 spiro atoms. The highest BCUT2D eigenvalue weighted by Crippen LogP contribution is 2.21. The van der Waals surface area contributed by atoms with E-state index in [2.05, 4.69) is 35.4 Å². The Hall–Kier alpha value is -2.50. The Kier molecular flexibility index (Phi) is 5.26. The minimum Gasteiger partial charge on any atom is -0.469 e. The fourth-order valence-electron chi connectivity index (χ4n) is 3.47. The summed E-state index contributed by atoms with van der Waals surface area (Å²) in [6.07, 6.45) is 4.14. The van der Waals surface area contributed by atoms with Gasteiger partial charge in [-0.2, -0.15) is 0 Å². The molecule has 6 nitrogen and oxygen atoms in total. The Bertz CT molecular complexity index is 760. The third kappa shape index (κ3) is 3.78. The summed E-state index contributed by atoms with van der Waals surface area (Å²) < 4.78 is 4.77. The fraction of sp³-hybridized carbons (Fsp3) is 0.474. The van der Waals surface area contributed by atoms with Gasteiger partial charge in [-0.15, -0.1) is 0 Å². The summed E-state index contributed by atoms with van der Waals surface area (Å²) in [6.45, 7) is 3.87. The molecule has 1 aromatic heterocycles. The molecule has 2 aromatic rings. The molecule has 6 heteroatoms. The van der Waals surface area contributed by atoms with Crippen molar-refractivity contribution in [2.24, 2.45) is 5.92 Å². The zero-order valence-corrected chi connectivity index (χ0v) is 14.8. The third-order valence-electron chi connectivity index (χ3n) is 5.00. The van der Waals surface area contributed by atoms with E-state index >= 15 is 0 Å². The molecular formula is C19H25N3O3. The predicted octanol–water partition coefficient (Wildman–Crippen LogP) is 2.61. The van der Waals surface area contributed by atoms with Crippen molar-refractivity contribution < 1.29 is 14.3 Å². The van der Waals surface area contributed by atoms with Crippen LogP contribution >= 0.6 is 0 Å². The standard InChI is InChI=1S/C19H25N3O3/c1-13-4-3-5-16-15(12-21-17(13)16)6-9-20-19(24)22-10-7-14(8-11-22)18(23)25-2/h3-5,12,14,21H,6-11H2,1-2H3,(H,20,24). The van der Waals surface area contributed by atoms with Gasteiger partial charge in [0.15, 0.2) is 0 Å². The summed E-state index contributed by atoms with van der Waals surface area (Å²) in [5.74, 6) is -0.252. The Morgan fingerprint density at radius 3 is 2.80 bits per heavy atom. The summed E-state index contributed by atoms with van der Waals surface area (Å²) in [5, 5.41) is 4.20. The van der Waals surface area contributed by atoms with Crippen LogP contribution in [0.2, 0.25) is 0 Å². The number of piperidine rings is 1. The maximum absolute atomic E-state index is 12.3. The van der Waals surface area contributed by atoms with E-state index in [0.717, 1.165) is 11.9 Å². The molecule has 3 rings (SSSR count). The number of carbonyl (C=O) groups excluding carboxylic acids is 2. The van der Waals surface area contributed by atoms with Gasteiger partial charge in [-0.25, -0.2) is 4.79 Å². The van der Waals surface area contributed by atoms with E-state index in [1.807, 2.05) is 6.20 Å². The maximum atomic E-state index is 12.3. The summed E-state index contributed by atoms with van der Waals surface area (Å²) in [7, 11) is 1.41. The first-order valence-electron chi connectivity index (χ1n) is 8.76. The largest absolute Gasteiger partial charge is 0.469 e. The van der Waals surface area contributed by atoms with Crippen molar-refractivity contribution in [3.05, 3.63) is 35.5 Å². The number of rotatable bonds is 4. The number of carbonyl (C=O) groups is 2. The van der Waals surface area contributed by atoms with Gasteiger partial charge in [-0.3, -0.25) is 4.79 Å². The van der Waals surface area contributed by atoms with E-state index in [4.69, 9.17) is 4.74 Å². The average Bonchev–Trinajstić information content (AvgIpc) is 3.05. The number of para-hydroxylation sites is 1. The van der Waals surface area contributed by atoms with Crippen LogP contribution in [0.15, 0.2) is 24.4 Å². The number of aryl methyl sites for hydroxylation is 1. The molecule has 134 valence electrons. The molecule has 0 unspecified atom stereocenters. The summed E-state index contributed by atoms with van der Waals surface area (Å²) in [6, 6.07) is 6.19. The number of hydrogen-bond acceptors (Lipinski definition) is 3. The monoisotopic (exact) mass is 343 g/mol. The molecular weight excluding hydrogens is 318 g/mol. The van der Waals surface area contributed by atoms with E-state index in [-0.39, 0.29) is 17.9 Å². The summed E-state index contributed by atoms with van der Waals surface area (Å²) in [5.41, 5.74) is 3.60. The fourth-order valence-corrected chi connectivity index (χ4v) is 3.47. The number of benzene rings is 1. The second-order valence-corrected chi connectivity index (χ2v) is 6.58. The van der Waals surface area contributed by atoms with Crippen molar-refractivity contribution in [2.75, 3.05) is 26.7 Å². The minimum absolute atomic E-state index is 0.0562. The molecule has 1 aliphatic rings. The first kappa shape index (κ1) is 17.3. The van der Waals surface area contributed by atoms with Crippen LogP contribution in [0.3, 0.4) is 0 Å². The van der Waals surface area contributed by atoms with E-state index in [1.54, 1.807) is 4.90 Å². The Labute approximate surface area is 147 Å². The first-order valence-corrected chi connectivity index (χ1v) is 8.76. The van der Waals surface area contributed by atoms with Gasteiger partial charge in [-0.1, -0.05) is 18.2 Å².